The van der Waals surface area contributed by atoms with Gasteiger partial charge in [0, 0.05) is 5.39 Å². The van der Waals surface area contributed by atoms with Crippen molar-refractivity contribution < 1.29 is 19.1 Å². The molecule has 7 heteroatoms. The smallest absolute Gasteiger partial charge is 0.273 e. The summed E-state index contributed by atoms with van der Waals surface area (Å²) < 4.78 is 5.60. The Labute approximate surface area is 170 Å². The Hall–Kier alpha value is -3.45. The first-order valence-electron chi connectivity index (χ1n) is 9.04. The number of phenolic OH excluding ortho intramolecular Hbond substituents is 1. The molecule has 0 spiro atoms. The molecule has 6 nitrogen and oxygen atoms in total. The average Bonchev–Trinajstić information content (AvgIpc) is 3.33. The van der Waals surface area contributed by atoms with Crippen LogP contribution in [0.1, 0.15) is 21.3 Å². The number of nitrogens with one attached hydrogen (secondary N) is 1. The van der Waals surface area contributed by atoms with Crippen LogP contribution >= 0.6 is 11.8 Å². The first kappa shape index (κ1) is 17.6. The molecule has 1 aliphatic heterocycles. The molecule has 1 aromatic heterocycles. The zero-order valence-electron chi connectivity index (χ0n) is 15.2. The van der Waals surface area contributed by atoms with E-state index in [1.165, 1.54) is 23.0 Å². The van der Waals surface area contributed by atoms with Crippen LogP contribution in [0.15, 0.2) is 71.3 Å². The van der Waals surface area contributed by atoms with Crippen molar-refractivity contribution in [2.45, 2.75) is 5.37 Å². The van der Waals surface area contributed by atoms with E-state index < -0.39 is 5.91 Å². The van der Waals surface area contributed by atoms with E-state index in [1.807, 2.05) is 36.4 Å². The Balaban J connectivity index is 1.50. The summed E-state index contributed by atoms with van der Waals surface area (Å²) in [6.45, 7) is 0. The van der Waals surface area contributed by atoms with Crippen LogP contribution < -0.4 is 5.43 Å². The molecule has 4 aromatic rings. The maximum absolute atomic E-state index is 13.1. The summed E-state index contributed by atoms with van der Waals surface area (Å²) in [5.74, 6) is -0.171. The molecule has 0 aliphatic carbocycles. The van der Waals surface area contributed by atoms with Gasteiger partial charge in [-0.25, -0.2) is 5.01 Å². The van der Waals surface area contributed by atoms with Gasteiger partial charge in [-0.05, 0) is 34.5 Å². The Morgan fingerprint density at radius 3 is 2.72 bits per heavy atom. The number of hydrogen-bond acceptors (Lipinski definition) is 5. The molecule has 29 heavy (non-hydrogen) atoms. The van der Waals surface area contributed by atoms with Crippen LogP contribution in [0.2, 0.25) is 0 Å². The number of aromatic hydroxyl groups is 1. The number of nitrogens with zero attached hydrogens (tertiary/aromatic N) is 1. The van der Waals surface area contributed by atoms with Crippen molar-refractivity contribution in [2.75, 3.05) is 5.75 Å². The molecular weight excluding hydrogens is 388 g/mol. The second-order valence-electron chi connectivity index (χ2n) is 6.77. The molecule has 0 saturated carbocycles. The number of hydrogen-bond donors (Lipinski definition) is 2. The highest BCUT2D eigenvalue weighted by molar-refractivity contribution is 8.00. The van der Waals surface area contributed by atoms with Gasteiger partial charge < -0.3 is 9.52 Å². The third kappa shape index (κ3) is 3.00. The van der Waals surface area contributed by atoms with Gasteiger partial charge in [0.15, 0.2) is 0 Å². The Morgan fingerprint density at radius 1 is 1.10 bits per heavy atom. The van der Waals surface area contributed by atoms with E-state index in [0.29, 0.717) is 11.1 Å². The van der Waals surface area contributed by atoms with Gasteiger partial charge in [0.25, 0.3) is 11.8 Å². The van der Waals surface area contributed by atoms with E-state index in [1.54, 1.807) is 24.3 Å². The maximum Gasteiger partial charge on any atom is 0.273 e. The zero-order chi connectivity index (χ0) is 20.0. The molecule has 1 unspecified atom stereocenters. The monoisotopic (exact) mass is 404 g/mol. The Kier molecular flexibility index (Phi) is 4.17. The molecule has 0 radical (unpaired) electrons. The fourth-order valence-corrected chi connectivity index (χ4v) is 4.68. The van der Waals surface area contributed by atoms with Crippen LogP contribution in [-0.2, 0) is 4.79 Å². The number of thioether (sulfide) groups is 1. The fourth-order valence-electron chi connectivity index (χ4n) is 3.58. The summed E-state index contributed by atoms with van der Waals surface area (Å²) in [5.41, 5.74) is 4.57. The van der Waals surface area contributed by atoms with E-state index in [9.17, 15) is 14.7 Å². The van der Waals surface area contributed by atoms with E-state index in [4.69, 9.17) is 4.42 Å². The molecule has 2 N–H and O–H groups in total. The second-order valence-corrected chi connectivity index (χ2v) is 7.84. The minimum absolute atomic E-state index is 0.149. The zero-order valence-corrected chi connectivity index (χ0v) is 16.0. The molecule has 1 atom stereocenters. The molecule has 2 amide bonds. The van der Waals surface area contributed by atoms with Crippen molar-refractivity contribution in [3.05, 3.63) is 78.1 Å². The predicted octanol–water partition coefficient (Wildman–Crippen LogP) is 4.21. The number of phenols is 1. The molecule has 1 aliphatic rings. The number of hydrazine groups is 1. The highest BCUT2D eigenvalue weighted by Crippen LogP contribution is 2.38. The molecule has 0 bridgehead atoms. The van der Waals surface area contributed by atoms with Gasteiger partial charge in [0.2, 0.25) is 0 Å². The van der Waals surface area contributed by atoms with E-state index in [-0.39, 0.29) is 22.8 Å². The quantitative estimate of drug-likeness (QED) is 0.534. The number of carbonyl (C=O) groups excluding carboxylic acids is 2. The summed E-state index contributed by atoms with van der Waals surface area (Å²) in [6, 6.07) is 18.2. The number of fused-ring (bicyclic) bond motifs is 3. The van der Waals surface area contributed by atoms with Crippen LogP contribution in [-0.4, -0.2) is 27.7 Å². The fraction of sp³-hybridized carbons (Fsp3) is 0.0909. The van der Waals surface area contributed by atoms with E-state index in [0.717, 1.165) is 21.7 Å². The third-order valence-electron chi connectivity index (χ3n) is 4.98. The molecule has 1 saturated heterocycles. The van der Waals surface area contributed by atoms with Crippen molar-refractivity contribution in [3.8, 4) is 5.75 Å². The van der Waals surface area contributed by atoms with Crippen molar-refractivity contribution in [2.24, 2.45) is 0 Å². The molecule has 144 valence electrons. The summed E-state index contributed by atoms with van der Waals surface area (Å²) in [5, 5.41) is 13.1. The lowest BCUT2D eigenvalue weighted by atomic mass is 10.0. The number of rotatable bonds is 3. The van der Waals surface area contributed by atoms with Crippen LogP contribution in [0.4, 0.5) is 0 Å². The van der Waals surface area contributed by atoms with Crippen molar-refractivity contribution >= 4 is 45.3 Å². The van der Waals surface area contributed by atoms with Gasteiger partial charge in [-0.2, -0.15) is 0 Å². The maximum atomic E-state index is 13.1. The molecular formula is C22H16N2O4S. The van der Waals surface area contributed by atoms with Gasteiger partial charge in [-0.1, -0.05) is 42.5 Å². The normalized spacial score (nSPS) is 16.6. The number of benzene rings is 3. The molecule has 1 fully saturated rings. The third-order valence-corrected chi connectivity index (χ3v) is 6.19. The standard InChI is InChI=1S/C22H16N2O4S/c25-15-8-5-14(6-9-15)22-24(19(26)12-29-22)23-21(27)17-11-28-18-10-7-13-3-1-2-4-16(13)20(17)18/h1-11,22,25H,12H2,(H,23,27). The van der Waals surface area contributed by atoms with Gasteiger partial charge in [0.05, 0.1) is 11.3 Å². The molecule has 5 rings (SSSR count). The number of carbonyl (C=O) groups is 2. The van der Waals surface area contributed by atoms with Gasteiger partial charge >= 0.3 is 0 Å². The van der Waals surface area contributed by atoms with Crippen LogP contribution in [0.3, 0.4) is 0 Å². The van der Waals surface area contributed by atoms with E-state index >= 15 is 0 Å². The Bertz CT molecular complexity index is 1250. The summed E-state index contributed by atoms with van der Waals surface area (Å²) in [6.07, 6.45) is 1.43. The lowest BCUT2D eigenvalue weighted by Crippen LogP contribution is -2.44. The topological polar surface area (TPSA) is 82.8 Å². The number of furan rings is 1. The summed E-state index contributed by atoms with van der Waals surface area (Å²) in [4.78, 5) is 25.5. The molecule has 3 aromatic carbocycles. The van der Waals surface area contributed by atoms with Crippen LogP contribution in [0.25, 0.3) is 21.7 Å². The van der Waals surface area contributed by atoms with Crippen molar-refractivity contribution in [1.82, 2.24) is 10.4 Å². The summed E-state index contributed by atoms with van der Waals surface area (Å²) >= 11 is 1.42. The van der Waals surface area contributed by atoms with Gasteiger partial charge in [-0.15, -0.1) is 11.8 Å². The highest BCUT2D eigenvalue weighted by Gasteiger charge is 2.35. The van der Waals surface area contributed by atoms with Gasteiger partial charge in [-0.3, -0.25) is 15.0 Å². The largest absolute Gasteiger partial charge is 0.508 e. The van der Waals surface area contributed by atoms with E-state index in [2.05, 4.69) is 5.43 Å². The number of amides is 2. The van der Waals surface area contributed by atoms with Crippen LogP contribution in [0, 0.1) is 0 Å². The minimum atomic E-state index is -0.403. The van der Waals surface area contributed by atoms with Crippen molar-refractivity contribution in [1.29, 1.82) is 0 Å². The first-order valence-corrected chi connectivity index (χ1v) is 10.1. The minimum Gasteiger partial charge on any atom is -0.508 e. The Morgan fingerprint density at radius 2 is 1.90 bits per heavy atom. The lowest BCUT2D eigenvalue weighted by Gasteiger charge is -2.24. The van der Waals surface area contributed by atoms with Crippen LogP contribution in [0.5, 0.6) is 5.75 Å². The lowest BCUT2D eigenvalue weighted by molar-refractivity contribution is -0.130. The molecule has 2 heterocycles. The average molecular weight is 404 g/mol. The second kappa shape index (κ2) is 6.86. The van der Waals surface area contributed by atoms with Gasteiger partial charge in [0.1, 0.15) is 23.0 Å². The highest BCUT2D eigenvalue weighted by atomic mass is 32.2. The van der Waals surface area contributed by atoms with Crippen molar-refractivity contribution in [3.63, 3.8) is 0 Å². The summed E-state index contributed by atoms with van der Waals surface area (Å²) in [7, 11) is 0. The predicted molar refractivity (Wildman–Crippen MR) is 111 cm³/mol. The SMILES string of the molecule is O=C(NN1C(=O)CSC1c1ccc(O)cc1)c1coc2ccc3ccccc3c12. The first-order chi connectivity index (χ1) is 14.1.